The number of ether oxygens (including phenoxy) is 2. The fraction of sp³-hybridized carbons (Fsp3) is 0.273. The first kappa shape index (κ1) is 10.1. The van der Waals surface area contributed by atoms with Crippen LogP contribution in [-0.2, 0) is 6.54 Å². The molecular formula is C11H12N4O2. The lowest BCUT2D eigenvalue weighted by Gasteiger charge is -2.24. The minimum atomic E-state index is -0.290. The molecule has 1 aromatic carbocycles. The van der Waals surface area contributed by atoms with Gasteiger partial charge in [-0.1, -0.05) is 12.1 Å². The van der Waals surface area contributed by atoms with Gasteiger partial charge in [-0.15, -0.1) is 0 Å². The van der Waals surface area contributed by atoms with Gasteiger partial charge in [0, 0.05) is 0 Å². The highest BCUT2D eigenvalue weighted by Gasteiger charge is 2.25. The third-order valence-electron chi connectivity index (χ3n) is 2.54. The van der Waals surface area contributed by atoms with E-state index in [-0.39, 0.29) is 6.10 Å². The summed E-state index contributed by atoms with van der Waals surface area (Å²) in [7, 11) is 0. The van der Waals surface area contributed by atoms with Crippen molar-refractivity contribution in [3.63, 3.8) is 0 Å². The van der Waals surface area contributed by atoms with Gasteiger partial charge in [-0.25, -0.2) is 4.98 Å². The predicted octanol–water partition coefficient (Wildman–Crippen LogP) is 0.776. The van der Waals surface area contributed by atoms with Crippen LogP contribution in [-0.4, -0.2) is 21.8 Å². The van der Waals surface area contributed by atoms with E-state index in [1.165, 1.54) is 0 Å². The van der Waals surface area contributed by atoms with Gasteiger partial charge in [0.2, 0.25) is 0 Å². The second-order valence-corrected chi connectivity index (χ2v) is 3.71. The van der Waals surface area contributed by atoms with E-state index in [1.807, 2.05) is 24.3 Å². The summed E-state index contributed by atoms with van der Waals surface area (Å²) in [5.41, 5.74) is 5.46. The number of nitrogens with one attached hydrogen (secondary N) is 1. The van der Waals surface area contributed by atoms with E-state index in [4.69, 9.17) is 15.2 Å². The third-order valence-corrected chi connectivity index (χ3v) is 2.54. The molecule has 0 radical (unpaired) electrons. The van der Waals surface area contributed by atoms with Crippen LogP contribution in [0, 0.1) is 0 Å². The average Bonchev–Trinajstić information content (AvgIpc) is 2.87. The number of nitrogens with zero attached hydrogens (tertiary/aromatic N) is 2. The van der Waals surface area contributed by atoms with Crippen molar-refractivity contribution in [1.29, 1.82) is 0 Å². The van der Waals surface area contributed by atoms with Gasteiger partial charge in [0.25, 0.3) is 0 Å². The van der Waals surface area contributed by atoms with Crippen molar-refractivity contribution in [2.75, 3.05) is 6.61 Å². The van der Waals surface area contributed by atoms with Crippen LogP contribution in [0.15, 0.2) is 24.3 Å². The number of fused-ring (bicyclic) bond motifs is 1. The molecule has 2 aromatic rings. The topological polar surface area (TPSA) is 86.1 Å². The highest BCUT2D eigenvalue weighted by Crippen LogP contribution is 2.34. The Morgan fingerprint density at radius 1 is 1.35 bits per heavy atom. The van der Waals surface area contributed by atoms with Crippen molar-refractivity contribution >= 4 is 0 Å². The molecule has 1 aliphatic heterocycles. The van der Waals surface area contributed by atoms with Gasteiger partial charge in [0.15, 0.2) is 23.4 Å². The summed E-state index contributed by atoms with van der Waals surface area (Å²) >= 11 is 0. The first-order valence-corrected chi connectivity index (χ1v) is 5.36. The van der Waals surface area contributed by atoms with Gasteiger partial charge in [0.1, 0.15) is 12.4 Å². The number of benzene rings is 1. The number of nitrogens with two attached hydrogens (primary N) is 1. The van der Waals surface area contributed by atoms with Crippen molar-refractivity contribution < 1.29 is 9.47 Å². The Hall–Kier alpha value is -2.08. The van der Waals surface area contributed by atoms with Crippen LogP contribution in [0.5, 0.6) is 11.5 Å². The molecule has 0 fully saturated rings. The summed E-state index contributed by atoms with van der Waals surface area (Å²) in [5, 5.41) is 6.82. The minimum absolute atomic E-state index is 0.290. The van der Waals surface area contributed by atoms with Gasteiger partial charge in [-0.05, 0) is 12.1 Å². The molecule has 88 valence electrons. The van der Waals surface area contributed by atoms with E-state index in [2.05, 4.69) is 15.2 Å². The predicted molar refractivity (Wildman–Crippen MR) is 59.6 cm³/mol. The Balaban J connectivity index is 1.84. The number of rotatable bonds is 2. The minimum Gasteiger partial charge on any atom is -0.485 e. The zero-order chi connectivity index (χ0) is 11.7. The Morgan fingerprint density at radius 3 is 2.94 bits per heavy atom. The molecule has 0 saturated carbocycles. The normalized spacial score (nSPS) is 18.1. The standard InChI is InChI=1S/C11H12N4O2/c12-5-10-13-11(15-14-10)9-6-16-7-3-1-2-4-8(7)17-9/h1-4,9H,5-6,12H2,(H,13,14,15). The average molecular weight is 232 g/mol. The molecule has 1 aromatic heterocycles. The largest absolute Gasteiger partial charge is 0.485 e. The summed E-state index contributed by atoms with van der Waals surface area (Å²) in [4.78, 5) is 4.23. The van der Waals surface area contributed by atoms with Crippen molar-refractivity contribution in [1.82, 2.24) is 15.2 Å². The summed E-state index contributed by atoms with van der Waals surface area (Å²) in [6.45, 7) is 0.732. The number of aromatic amines is 1. The zero-order valence-electron chi connectivity index (χ0n) is 9.09. The highest BCUT2D eigenvalue weighted by molar-refractivity contribution is 5.40. The molecule has 1 atom stereocenters. The maximum atomic E-state index is 5.76. The molecule has 17 heavy (non-hydrogen) atoms. The zero-order valence-corrected chi connectivity index (χ0v) is 9.09. The lowest BCUT2D eigenvalue weighted by molar-refractivity contribution is 0.0853. The Bertz CT molecular complexity index is 526. The lowest BCUT2D eigenvalue weighted by atomic mass is 10.2. The van der Waals surface area contributed by atoms with Crippen molar-refractivity contribution in [2.24, 2.45) is 5.73 Å². The molecule has 0 aliphatic carbocycles. The molecule has 0 bridgehead atoms. The smallest absolute Gasteiger partial charge is 0.195 e. The van der Waals surface area contributed by atoms with Crippen molar-refractivity contribution in [3.8, 4) is 11.5 Å². The van der Waals surface area contributed by atoms with Crippen LogP contribution in [0.1, 0.15) is 17.8 Å². The number of H-pyrrole nitrogens is 1. The lowest BCUT2D eigenvalue weighted by Crippen LogP contribution is -2.22. The van der Waals surface area contributed by atoms with Crippen LogP contribution in [0.25, 0.3) is 0 Å². The van der Waals surface area contributed by atoms with Crippen LogP contribution in [0.4, 0.5) is 0 Å². The Kier molecular flexibility index (Phi) is 2.41. The third kappa shape index (κ3) is 1.83. The molecule has 6 nitrogen and oxygen atoms in total. The van der Waals surface area contributed by atoms with Crippen molar-refractivity contribution in [2.45, 2.75) is 12.6 Å². The maximum absolute atomic E-state index is 5.76. The molecule has 6 heteroatoms. The first-order valence-electron chi connectivity index (χ1n) is 5.36. The molecule has 0 amide bonds. The highest BCUT2D eigenvalue weighted by atomic mass is 16.6. The van der Waals surface area contributed by atoms with E-state index in [0.29, 0.717) is 30.5 Å². The summed E-state index contributed by atoms with van der Waals surface area (Å²) < 4.78 is 11.3. The second-order valence-electron chi connectivity index (χ2n) is 3.71. The molecule has 1 unspecified atom stereocenters. The van der Waals surface area contributed by atoms with Crippen LogP contribution in [0.3, 0.4) is 0 Å². The fourth-order valence-electron chi connectivity index (χ4n) is 1.69. The molecule has 0 saturated heterocycles. The summed E-state index contributed by atoms with van der Waals surface area (Å²) in [6, 6.07) is 7.53. The number of hydrogen-bond acceptors (Lipinski definition) is 5. The van der Waals surface area contributed by atoms with Gasteiger partial charge in [-0.2, -0.15) is 5.10 Å². The SMILES string of the molecule is NCc1nc(C2COc3ccccc3O2)n[nH]1. The molecule has 2 heterocycles. The fourth-order valence-corrected chi connectivity index (χ4v) is 1.69. The van der Waals surface area contributed by atoms with Gasteiger partial charge >= 0.3 is 0 Å². The van der Waals surface area contributed by atoms with Gasteiger partial charge in [-0.3, -0.25) is 5.10 Å². The molecule has 3 rings (SSSR count). The molecular weight excluding hydrogens is 220 g/mol. The summed E-state index contributed by atoms with van der Waals surface area (Å²) in [6.07, 6.45) is -0.290. The molecule has 0 spiro atoms. The summed E-state index contributed by atoms with van der Waals surface area (Å²) in [5.74, 6) is 2.67. The first-order chi connectivity index (χ1) is 8.36. The van der Waals surface area contributed by atoms with E-state index >= 15 is 0 Å². The van der Waals surface area contributed by atoms with Crippen LogP contribution in [0.2, 0.25) is 0 Å². The van der Waals surface area contributed by atoms with E-state index < -0.39 is 0 Å². The van der Waals surface area contributed by atoms with Gasteiger partial charge < -0.3 is 15.2 Å². The number of para-hydroxylation sites is 2. The Labute approximate surface area is 97.8 Å². The second kappa shape index (κ2) is 4.06. The quantitative estimate of drug-likeness (QED) is 0.799. The Morgan fingerprint density at radius 2 is 2.18 bits per heavy atom. The van der Waals surface area contributed by atoms with Crippen LogP contribution >= 0.6 is 0 Å². The number of hydrogen-bond donors (Lipinski definition) is 2. The van der Waals surface area contributed by atoms with E-state index in [0.717, 1.165) is 5.75 Å². The van der Waals surface area contributed by atoms with Crippen LogP contribution < -0.4 is 15.2 Å². The molecule has 3 N–H and O–H groups in total. The van der Waals surface area contributed by atoms with E-state index in [9.17, 15) is 0 Å². The monoisotopic (exact) mass is 232 g/mol. The van der Waals surface area contributed by atoms with Gasteiger partial charge in [0.05, 0.1) is 6.54 Å². The maximum Gasteiger partial charge on any atom is 0.195 e. The van der Waals surface area contributed by atoms with Crippen molar-refractivity contribution in [3.05, 3.63) is 35.9 Å². The van der Waals surface area contributed by atoms with E-state index in [1.54, 1.807) is 0 Å². The number of aromatic nitrogens is 3. The molecule has 1 aliphatic rings.